The summed E-state index contributed by atoms with van der Waals surface area (Å²) in [6, 6.07) is 5.94. The van der Waals surface area contributed by atoms with E-state index in [4.69, 9.17) is 15.8 Å². The van der Waals surface area contributed by atoms with Crippen LogP contribution in [-0.4, -0.2) is 21.3 Å². The number of aromatic nitrogens is 2. The molecule has 0 saturated heterocycles. The van der Waals surface area contributed by atoms with Crippen LogP contribution in [0.4, 0.5) is 5.69 Å². The third kappa shape index (κ3) is 3.26. The number of benzene rings is 1. The van der Waals surface area contributed by atoms with Gasteiger partial charge in [-0.2, -0.15) is 0 Å². The number of unbranched alkanes of at least 4 members (excludes halogenated alkanes) is 2. The third-order valence-electron chi connectivity index (χ3n) is 3.36. The maximum Gasteiger partial charge on any atom is 0.109 e. The Morgan fingerprint density at radius 2 is 2.11 bits per heavy atom. The molecule has 0 unspecified atom stereocenters. The van der Waals surface area contributed by atoms with Gasteiger partial charge < -0.3 is 15.4 Å². The second-order valence-electron chi connectivity index (χ2n) is 4.96. The van der Waals surface area contributed by atoms with E-state index in [-0.39, 0.29) is 6.61 Å². The fourth-order valence-corrected chi connectivity index (χ4v) is 2.42. The first-order valence-electron chi connectivity index (χ1n) is 7.11. The number of hydrogen-bond donors (Lipinski definition) is 2. The van der Waals surface area contributed by atoms with Crippen LogP contribution in [0.2, 0.25) is 0 Å². The zero-order valence-corrected chi connectivity index (χ0v) is 11.6. The molecule has 1 aromatic carbocycles. The lowest BCUT2D eigenvalue weighted by Crippen LogP contribution is -2.04. The van der Waals surface area contributed by atoms with Gasteiger partial charge in [-0.25, -0.2) is 4.98 Å². The van der Waals surface area contributed by atoms with Crippen LogP contribution in [0.3, 0.4) is 0 Å². The third-order valence-corrected chi connectivity index (χ3v) is 3.36. The Bertz CT molecular complexity index is 533. The summed E-state index contributed by atoms with van der Waals surface area (Å²) in [5, 5.41) is 8.83. The fourth-order valence-electron chi connectivity index (χ4n) is 2.42. The van der Waals surface area contributed by atoms with Crippen LogP contribution in [-0.2, 0) is 13.0 Å². The predicted molar refractivity (Wildman–Crippen MR) is 79.1 cm³/mol. The molecule has 0 radical (unpaired) electrons. The summed E-state index contributed by atoms with van der Waals surface area (Å²) in [5.74, 6) is 1.15. The number of aliphatic hydroxyl groups is 1. The number of aryl methyl sites for hydroxylation is 2. The molecule has 0 aliphatic heterocycles. The first-order valence-corrected chi connectivity index (χ1v) is 7.11. The highest BCUT2D eigenvalue weighted by Gasteiger charge is 2.09. The van der Waals surface area contributed by atoms with E-state index in [1.807, 2.05) is 12.1 Å². The lowest BCUT2D eigenvalue weighted by atomic mass is 10.2. The van der Waals surface area contributed by atoms with Gasteiger partial charge in [-0.3, -0.25) is 0 Å². The molecule has 0 saturated carbocycles. The van der Waals surface area contributed by atoms with Crippen molar-refractivity contribution in [3.8, 4) is 0 Å². The predicted octanol–water partition coefficient (Wildman–Crippen LogP) is 2.73. The molecule has 4 heteroatoms. The molecule has 1 aromatic heterocycles. The number of nitrogen functional groups attached to an aromatic ring is 1. The number of nitrogens with two attached hydrogens (primary N) is 1. The minimum atomic E-state index is 0.281. The van der Waals surface area contributed by atoms with Gasteiger partial charge in [0.25, 0.3) is 0 Å². The van der Waals surface area contributed by atoms with Crippen molar-refractivity contribution in [3.05, 3.63) is 24.0 Å². The SMILES string of the molecule is CCCc1nc2cc(N)ccc2n1CCCCCO. The quantitative estimate of drug-likeness (QED) is 0.595. The molecule has 3 N–H and O–H groups in total. The summed E-state index contributed by atoms with van der Waals surface area (Å²) in [7, 11) is 0. The van der Waals surface area contributed by atoms with E-state index >= 15 is 0 Å². The summed E-state index contributed by atoms with van der Waals surface area (Å²) in [6.07, 6.45) is 5.09. The van der Waals surface area contributed by atoms with Crippen LogP contribution in [0.5, 0.6) is 0 Å². The maximum atomic E-state index is 8.83. The minimum Gasteiger partial charge on any atom is -0.399 e. The molecule has 4 nitrogen and oxygen atoms in total. The van der Waals surface area contributed by atoms with Crippen molar-refractivity contribution in [3.63, 3.8) is 0 Å². The van der Waals surface area contributed by atoms with Gasteiger partial charge in [-0.15, -0.1) is 0 Å². The van der Waals surface area contributed by atoms with E-state index < -0.39 is 0 Å². The largest absolute Gasteiger partial charge is 0.399 e. The Hall–Kier alpha value is -1.55. The van der Waals surface area contributed by atoms with Crippen molar-refractivity contribution < 1.29 is 5.11 Å². The second-order valence-corrected chi connectivity index (χ2v) is 4.96. The van der Waals surface area contributed by atoms with E-state index in [1.165, 1.54) is 5.52 Å². The van der Waals surface area contributed by atoms with Gasteiger partial charge in [-0.1, -0.05) is 6.92 Å². The van der Waals surface area contributed by atoms with Crippen LogP contribution in [0.25, 0.3) is 11.0 Å². The lowest BCUT2D eigenvalue weighted by Gasteiger charge is -2.08. The van der Waals surface area contributed by atoms with E-state index in [9.17, 15) is 0 Å². The highest BCUT2D eigenvalue weighted by atomic mass is 16.2. The van der Waals surface area contributed by atoms with Gasteiger partial charge in [0.05, 0.1) is 11.0 Å². The van der Waals surface area contributed by atoms with Crippen LogP contribution >= 0.6 is 0 Å². The summed E-state index contributed by atoms with van der Waals surface area (Å²) in [4.78, 5) is 4.70. The average molecular weight is 261 g/mol. The summed E-state index contributed by atoms with van der Waals surface area (Å²) < 4.78 is 2.30. The summed E-state index contributed by atoms with van der Waals surface area (Å²) in [5.41, 5.74) is 8.74. The van der Waals surface area contributed by atoms with Crippen molar-refractivity contribution in [2.45, 2.75) is 45.6 Å². The first-order chi connectivity index (χ1) is 9.26. The van der Waals surface area contributed by atoms with Crippen LogP contribution in [0.1, 0.15) is 38.4 Å². The molecule has 0 aliphatic rings. The van der Waals surface area contributed by atoms with Crippen molar-refractivity contribution in [2.24, 2.45) is 0 Å². The summed E-state index contributed by atoms with van der Waals surface area (Å²) in [6.45, 7) is 3.42. The topological polar surface area (TPSA) is 64.1 Å². The Labute approximate surface area is 114 Å². The van der Waals surface area contributed by atoms with Crippen molar-refractivity contribution >= 4 is 16.7 Å². The van der Waals surface area contributed by atoms with E-state index in [2.05, 4.69) is 17.6 Å². The zero-order chi connectivity index (χ0) is 13.7. The Kier molecular flexibility index (Phi) is 4.80. The van der Waals surface area contributed by atoms with Crippen molar-refractivity contribution in [2.75, 3.05) is 12.3 Å². The normalized spacial score (nSPS) is 11.3. The molecule has 19 heavy (non-hydrogen) atoms. The highest BCUT2D eigenvalue weighted by Crippen LogP contribution is 2.20. The molecule has 0 fully saturated rings. The van der Waals surface area contributed by atoms with Gasteiger partial charge in [0.1, 0.15) is 5.82 Å². The number of anilines is 1. The molecule has 0 atom stereocenters. The maximum absolute atomic E-state index is 8.83. The Morgan fingerprint density at radius 1 is 1.26 bits per heavy atom. The van der Waals surface area contributed by atoms with Gasteiger partial charge in [-0.05, 0) is 43.9 Å². The highest BCUT2D eigenvalue weighted by molar-refractivity contribution is 5.79. The molecular formula is C15H23N3O. The van der Waals surface area contributed by atoms with E-state index in [1.54, 1.807) is 0 Å². The smallest absolute Gasteiger partial charge is 0.109 e. The van der Waals surface area contributed by atoms with Crippen LogP contribution in [0.15, 0.2) is 18.2 Å². The monoisotopic (exact) mass is 261 g/mol. The van der Waals surface area contributed by atoms with Crippen LogP contribution in [0, 0.1) is 0 Å². The molecule has 104 valence electrons. The van der Waals surface area contributed by atoms with Crippen molar-refractivity contribution in [1.29, 1.82) is 0 Å². The standard InChI is InChI=1S/C15H23N3O/c1-2-6-15-17-13-11-12(16)7-8-14(13)18(15)9-4-3-5-10-19/h7-8,11,19H,2-6,9-10,16H2,1H3. The molecule has 0 bridgehead atoms. The van der Waals surface area contributed by atoms with Crippen LogP contribution < -0.4 is 5.73 Å². The number of rotatable bonds is 7. The van der Waals surface area contributed by atoms with Gasteiger partial charge in [0.2, 0.25) is 0 Å². The first kappa shape index (κ1) is 13.9. The summed E-state index contributed by atoms with van der Waals surface area (Å²) >= 11 is 0. The number of fused-ring (bicyclic) bond motifs is 1. The van der Waals surface area contributed by atoms with Gasteiger partial charge >= 0.3 is 0 Å². The molecule has 0 amide bonds. The average Bonchev–Trinajstić information content (AvgIpc) is 2.72. The van der Waals surface area contributed by atoms with Crippen molar-refractivity contribution in [1.82, 2.24) is 9.55 Å². The number of hydrogen-bond acceptors (Lipinski definition) is 3. The molecular weight excluding hydrogens is 238 g/mol. The number of nitrogens with zero attached hydrogens (tertiary/aromatic N) is 2. The van der Waals surface area contributed by atoms with Gasteiger partial charge in [0.15, 0.2) is 0 Å². The zero-order valence-electron chi connectivity index (χ0n) is 11.6. The fraction of sp³-hybridized carbons (Fsp3) is 0.533. The molecule has 2 rings (SSSR count). The Morgan fingerprint density at radius 3 is 2.84 bits per heavy atom. The van der Waals surface area contributed by atoms with E-state index in [0.29, 0.717) is 0 Å². The number of imidazole rings is 1. The molecule has 0 spiro atoms. The molecule has 1 heterocycles. The van der Waals surface area contributed by atoms with E-state index in [0.717, 1.165) is 55.7 Å². The molecule has 0 aliphatic carbocycles. The lowest BCUT2D eigenvalue weighted by molar-refractivity contribution is 0.282. The Balaban J connectivity index is 2.24. The number of aliphatic hydroxyl groups excluding tert-OH is 1. The second kappa shape index (κ2) is 6.57. The minimum absolute atomic E-state index is 0.281. The molecule has 2 aromatic rings. The van der Waals surface area contributed by atoms with Gasteiger partial charge in [0, 0.05) is 25.3 Å².